The van der Waals surface area contributed by atoms with Gasteiger partial charge in [0, 0.05) is 37.3 Å². The molecule has 1 aromatic rings. The highest BCUT2D eigenvalue weighted by molar-refractivity contribution is 5.76. The summed E-state index contributed by atoms with van der Waals surface area (Å²) in [5, 5.41) is 14.2. The molecule has 9 nitrogen and oxygen atoms in total. The molecule has 9 heteroatoms. The van der Waals surface area contributed by atoms with Crippen LogP contribution in [0.5, 0.6) is 0 Å². The molecule has 1 aliphatic heterocycles. The zero-order valence-corrected chi connectivity index (χ0v) is 12.4. The van der Waals surface area contributed by atoms with Gasteiger partial charge in [-0.3, -0.25) is 9.69 Å². The van der Waals surface area contributed by atoms with Crippen LogP contribution in [-0.2, 0) is 11.3 Å². The van der Waals surface area contributed by atoms with Gasteiger partial charge in [0.05, 0.1) is 0 Å². The Labute approximate surface area is 128 Å². The first-order valence-corrected chi connectivity index (χ1v) is 7.69. The Morgan fingerprint density at radius 1 is 1.27 bits per heavy atom. The number of aromatic nitrogens is 3. The molecule has 2 heterocycles. The van der Waals surface area contributed by atoms with Crippen molar-refractivity contribution in [3.05, 3.63) is 16.4 Å². The van der Waals surface area contributed by atoms with Crippen molar-refractivity contribution in [2.24, 2.45) is 0 Å². The van der Waals surface area contributed by atoms with Crippen LogP contribution in [0.2, 0.25) is 0 Å². The molecule has 1 aliphatic carbocycles. The summed E-state index contributed by atoms with van der Waals surface area (Å²) in [6.45, 7) is 3.25. The third kappa shape index (κ3) is 3.24. The Hall–Kier alpha value is -2.03. The van der Waals surface area contributed by atoms with E-state index in [1.54, 1.807) is 4.90 Å². The molecule has 3 rings (SSSR count). The average Bonchev–Trinajstić information content (AvgIpc) is 3.19. The van der Waals surface area contributed by atoms with Crippen LogP contribution in [0.3, 0.4) is 0 Å². The van der Waals surface area contributed by atoms with E-state index >= 15 is 0 Å². The minimum Gasteiger partial charge on any atom is -0.390 e. The maximum absolute atomic E-state index is 12.2. The van der Waals surface area contributed by atoms with Crippen LogP contribution in [0.1, 0.15) is 25.7 Å². The fourth-order valence-electron chi connectivity index (χ4n) is 3.29. The van der Waals surface area contributed by atoms with E-state index < -0.39 is 10.9 Å². The molecule has 2 aliphatic rings. The molecule has 0 unspecified atom stereocenters. The number of nitro groups is 1. The summed E-state index contributed by atoms with van der Waals surface area (Å²) in [6, 6.07) is 0.690. The Kier molecular flexibility index (Phi) is 4.32. The van der Waals surface area contributed by atoms with E-state index in [-0.39, 0.29) is 12.5 Å². The molecule has 1 amide bonds. The predicted molar refractivity (Wildman–Crippen MR) is 77.1 cm³/mol. The molecule has 2 fully saturated rings. The monoisotopic (exact) mass is 308 g/mol. The lowest BCUT2D eigenvalue weighted by molar-refractivity contribution is -0.394. The fourth-order valence-corrected chi connectivity index (χ4v) is 3.29. The number of nitrogens with zero attached hydrogens (tertiary/aromatic N) is 6. The second-order valence-electron chi connectivity index (χ2n) is 5.85. The summed E-state index contributed by atoms with van der Waals surface area (Å²) in [4.78, 5) is 29.9. The van der Waals surface area contributed by atoms with E-state index in [1.807, 2.05) is 0 Å². The highest BCUT2D eigenvalue weighted by Gasteiger charge is 2.28. The van der Waals surface area contributed by atoms with Gasteiger partial charge >= 0.3 is 5.95 Å². The van der Waals surface area contributed by atoms with Gasteiger partial charge in [0.25, 0.3) is 0 Å². The van der Waals surface area contributed by atoms with Crippen molar-refractivity contribution in [2.45, 2.75) is 38.3 Å². The van der Waals surface area contributed by atoms with Crippen LogP contribution in [0.25, 0.3) is 0 Å². The maximum Gasteiger partial charge on any atom is 0.490 e. The summed E-state index contributed by atoms with van der Waals surface area (Å²) in [7, 11) is 0. The van der Waals surface area contributed by atoms with E-state index in [9.17, 15) is 14.9 Å². The second-order valence-corrected chi connectivity index (χ2v) is 5.85. The minimum absolute atomic E-state index is 0.00423. The Morgan fingerprint density at radius 2 is 1.95 bits per heavy atom. The quantitative estimate of drug-likeness (QED) is 0.585. The van der Waals surface area contributed by atoms with Gasteiger partial charge in [-0.25, -0.2) is 0 Å². The number of carbonyl (C=O) groups is 1. The van der Waals surface area contributed by atoms with Gasteiger partial charge in [-0.15, -0.1) is 0 Å². The highest BCUT2D eigenvalue weighted by Crippen LogP contribution is 2.24. The summed E-state index contributed by atoms with van der Waals surface area (Å²) in [6.07, 6.45) is 6.40. The molecular weight excluding hydrogens is 288 g/mol. The van der Waals surface area contributed by atoms with Crippen LogP contribution in [0.4, 0.5) is 5.95 Å². The largest absolute Gasteiger partial charge is 0.490 e. The van der Waals surface area contributed by atoms with Crippen molar-refractivity contribution >= 4 is 11.9 Å². The van der Waals surface area contributed by atoms with Gasteiger partial charge in [-0.05, 0) is 17.8 Å². The number of hydrogen-bond acceptors (Lipinski definition) is 6. The third-order valence-corrected chi connectivity index (χ3v) is 4.49. The minimum atomic E-state index is -0.665. The van der Waals surface area contributed by atoms with E-state index in [1.165, 1.54) is 36.7 Å². The zero-order valence-electron chi connectivity index (χ0n) is 12.4. The smallest absolute Gasteiger partial charge is 0.390 e. The highest BCUT2D eigenvalue weighted by atomic mass is 16.6. The number of carbonyl (C=O) groups excluding carboxylic acids is 1. The summed E-state index contributed by atoms with van der Waals surface area (Å²) in [5.41, 5.74) is 0. The Bertz CT molecular complexity index is 546. The van der Waals surface area contributed by atoms with Gasteiger partial charge in [0.15, 0.2) is 0 Å². The van der Waals surface area contributed by atoms with E-state index in [0.717, 1.165) is 13.1 Å². The molecule has 0 bridgehead atoms. The Morgan fingerprint density at radius 3 is 2.55 bits per heavy atom. The van der Waals surface area contributed by atoms with Crippen molar-refractivity contribution < 1.29 is 9.72 Å². The molecule has 0 aromatic carbocycles. The lowest BCUT2D eigenvalue weighted by Gasteiger charge is -2.37. The fraction of sp³-hybridized carbons (Fsp3) is 0.769. The first-order valence-electron chi connectivity index (χ1n) is 7.69. The predicted octanol–water partition coefficient (Wildman–Crippen LogP) is 0.273. The molecule has 1 aromatic heterocycles. The van der Waals surface area contributed by atoms with E-state index in [2.05, 4.69) is 15.0 Å². The molecule has 0 spiro atoms. The van der Waals surface area contributed by atoms with Gasteiger partial charge in [-0.2, -0.15) is 4.68 Å². The topological polar surface area (TPSA) is 97.4 Å². The summed E-state index contributed by atoms with van der Waals surface area (Å²) >= 11 is 0. The molecule has 0 N–H and O–H groups in total. The van der Waals surface area contributed by atoms with Crippen molar-refractivity contribution in [3.8, 4) is 0 Å². The molecule has 120 valence electrons. The van der Waals surface area contributed by atoms with Gasteiger partial charge in [-0.1, -0.05) is 17.8 Å². The van der Waals surface area contributed by atoms with Crippen LogP contribution in [0, 0.1) is 10.1 Å². The van der Waals surface area contributed by atoms with Crippen LogP contribution in [-0.4, -0.2) is 67.6 Å². The lowest BCUT2D eigenvalue weighted by Crippen LogP contribution is -2.52. The number of hydrogen-bond donors (Lipinski definition) is 0. The van der Waals surface area contributed by atoms with Crippen molar-refractivity contribution in [1.82, 2.24) is 24.6 Å². The van der Waals surface area contributed by atoms with Gasteiger partial charge < -0.3 is 15.0 Å². The lowest BCUT2D eigenvalue weighted by atomic mass is 10.2. The normalized spacial score (nSPS) is 20.5. The first-order chi connectivity index (χ1) is 10.6. The van der Waals surface area contributed by atoms with E-state index in [0.29, 0.717) is 19.1 Å². The van der Waals surface area contributed by atoms with Crippen molar-refractivity contribution in [1.29, 1.82) is 0 Å². The van der Waals surface area contributed by atoms with Gasteiger partial charge in [0.1, 0.15) is 6.54 Å². The molecule has 1 saturated heterocycles. The molecular formula is C13H20N6O3. The van der Waals surface area contributed by atoms with Crippen molar-refractivity contribution in [3.63, 3.8) is 0 Å². The standard InChI is InChI=1S/C13H20N6O3/c20-12(9-18-10-14-13(15-18)19(21)22)17-7-5-16(6-8-17)11-3-1-2-4-11/h10-11H,1-9H2. The third-order valence-electron chi connectivity index (χ3n) is 4.49. The van der Waals surface area contributed by atoms with Crippen molar-refractivity contribution in [2.75, 3.05) is 26.2 Å². The van der Waals surface area contributed by atoms with Crippen LogP contribution < -0.4 is 0 Å². The summed E-state index contributed by atoms with van der Waals surface area (Å²) in [5.74, 6) is -0.537. The number of rotatable bonds is 4. The van der Waals surface area contributed by atoms with Gasteiger partial charge in [0.2, 0.25) is 12.2 Å². The maximum atomic E-state index is 12.2. The molecule has 0 atom stereocenters. The zero-order chi connectivity index (χ0) is 15.5. The van der Waals surface area contributed by atoms with Crippen LogP contribution in [0.15, 0.2) is 6.33 Å². The number of piperazine rings is 1. The van der Waals surface area contributed by atoms with Crippen LogP contribution >= 0.6 is 0 Å². The molecule has 0 radical (unpaired) electrons. The SMILES string of the molecule is O=C(Cn1cnc([N+](=O)[O-])n1)N1CCN(C2CCCC2)CC1. The molecule has 22 heavy (non-hydrogen) atoms. The van der Waals surface area contributed by atoms with E-state index in [4.69, 9.17) is 0 Å². The average molecular weight is 308 g/mol. The number of amides is 1. The summed E-state index contributed by atoms with van der Waals surface area (Å²) < 4.78 is 1.23. The first kappa shape index (κ1) is 14.9. The second kappa shape index (κ2) is 6.39. The Balaban J connectivity index is 1.49. The molecule has 1 saturated carbocycles.